The summed E-state index contributed by atoms with van der Waals surface area (Å²) in [6.45, 7) is 7.62. The van der Waals surface area contributed by atoms with Crippen molar-refractivity contribution in [2.24, 2.45) is 5.92 Å². The molecule has 1 atom stereocenters. The summed E-state index contributed by atoms with van der Waals surface area (Å²) in [5, 5.41) is 3.42. The summed E-state index contributed by atoms with van der Waals surface area (Å²) >= 11 is 0. The molecule has 1 N–H and O–H groups in total. The van der Waals surface area contributed by atoms with Gasteiger partial charge in [0.2, 0.25) is 0 Å². The van der Waals surface area contributed by atoms with Gasteiger partial charge in [-0.15, -0.1) is 12.3 Å². The lowest BCUT2D eigenvalue weighted by Gasteiger charge is -2.20. The second kappa shape index (κ2) is 6.24. The molecule has 11 heavy (non-hydrogen) atoms. The van der Waals surface area contributed by atoms with Gasteiger partial charge < -0.3 is 5.32 Å². The fourth-order valence-electron chi connectivity index (χ4n) is 1.17. The van der Waals surface area contributed by atoms with E-state index in [1.807, 2.05) is 0 Å². The lowest BCUT2D eigenvalue weighted by atomic mass is 9.99. The van der Waals surface area contributed by atoms with Crippen LogP contribution in [0.25, 0.3) is 0 Å². The van der Waals surface area contributed by atoms with Crippen LogP contribution in [-0.4, -0.2) is 12.6 Å². The van der Waals surface area contributed by atoms with E-state index in [9.17, 15) is 0 Å². The molecule has 1 nitrogen and oxygen atoms in total. The zero-order valence-electron chi connectivity index (χ0n) is 7.85. The van der Waals surface area contributed by atoms with Gasteiger partial charge in [-0.1, -0.05) is 20.8 Å². The van der Waals surface area contributed by atoms with E-state index in [4.69, 9.17) is 6.42 Å². The Morgan fingerprint density at radius 2 is 2.09 bits per heavy atom. The van der Waals surface area contributed by atoms with Crippen molar-refractivity contribution in [1.29, 1.82) is 0 Å². The van der Waals surface area contributed by atoms with Crippen molar-refractivity contribution >= 4 is 0 Å². The van der Waals surface area contributed by atoms with Gasteiger partial charge in [0.1, 0.15) is 0 Å². The van der Waals surface area contributed by atoms with Gasteiger partial charge in [-0.3, -0.25) is 0 Å². The zero-order valence-corrected chi connectivity index (χ0v) is 7.85. The zero-order chi connectivity index (χ0) is 8.69. The average Bonchev–Trinajstić information content (AvgIpc) is 1.97. The van der Waals surface area contributed by atoms with Crippen LogP contribution < -0.4 is 5.32 Å². The number of nitrogens with one attached hydrogen (secondary N) is 1. The summed E-state index contributed by atoms with van der Waals surface area (Å²) in [4.78, 5) is 0. The molecule has 0 aromatic rings. The second-order valence-corrected chi connectivity index (χ2v) is 3.15. The summed E-state index contributed by atoms with van der Waals surface area (Å²) in [7, 11) is 0. The summed E-state index contributed by atoms with van der Waals surface area (Å²) in [6.07, 6.45) is 7.18. The molecule has 0 saturated carbocycles. The lowest BCUT2D eigenvalue weighted by molar-refractivity contribution is 0.389. The maximum absolute atomic E-state index is 5.20. The molecule has 0 fully saturated rings. The Kier molecular flexibility index (Phi) is 5.97. The van der Waals surface area contributed by atoms with Crippen molar-refractivity contribution in [2.45, 2.75) is 39.7 Å². The molecule has 0 spiro atoms. The van der Waals surface area contributed by atoms with Crippen LogP contribution in [0.2, 0.25) is 0 Å². The standard InChI is InChI=1S/C10H19N/c1-5-7-8-10(9(3)4)11-6-2/h1,9-11H,6-8H2,2-4H3. The van der Waals surface area contributed by atoms with Gasteiger partial charge in [-0.05, 0) is 18.9 Å². The fourth-order valence-corrected chi connectivity index (χ4v) is 1.17. The van der Waals surface area contributed by atoms with Crippen molar-refractivity contribution in [3.05, 3.63) is 0 Å². The van der Waals surface area contributed by atoms with Crippen LogP contribution in [0.15, 0.2) is 0 Å². The van der Waals surface area contributed by atoms with Crippen LogP contribution in [0.4, 0.5) is 0 Å². The predicted molar refractivity (Wildman–Crippen MR) is 50.4 cm³/mol. The molecule has 0 aromatic carbocycles. The Bertz CT molecular complexity index is 121. The van der Waals surface area contributed by atoms with E-state index in [1.165, 1.54) is 0 Å². The van der Waals surface area contributed by atoms with Crippen LogP contribution in [0.3, 0.4) is 0 Å². The van der Waals surface area contributed by atoms with Gasteiger partial charge >= 0.3 is 0 Å². The first-order valence-corrected chi connectivity index (χ1v) is 4.39. The first-order chi connectivity index (χ1) is 5.22. The van der Waals surface area contributed by atoms with Crippen LogP contribution in [-0.2, 0) is 0 Å². The van der Waals surface area contributed by atoms with E-state index >= 15 is 0 Å². The van der Waals surface area contributed by atoms with Gasteiger partial charge in [0.05, 0.1) is 0 Å². The number of rotatable bonds is 5. The molecule has 0 aliphatic rings. The topological polar surface area (TPSA) is 12.0 Å². The van der Waals surface area contributed by atoms with E-state index in [0.717, 1.165) is 19.4 Å². The first-order valence-electron chi connectivity index (χ1n) is 4.39. The number of terminal acetylenes is 1. The summed E-state index contributed by atoms with van der Waals surface area (Å²) in [5.74, 6) is 3.36. The first kappa shape index (κ1) is 10.5. The van der Waals surface area contributed by atoms with Crippen LogP contribution >= 0.6 is 0 Å². The molecular weight excluding hydrogens is 134 g/mol. The summed E-state index contributed by atoms with van der Waals surface area (Å²) < 4.78 is 0. The number of hydrogen-bond donors (Lipinski definition) is 1. The Labute approximate surface area is 70.6 Å². The van der Waals surface area contributed by atoms with Gasteiger partial charge in [0.15, 0.2) is 0 Å². The molecule has 0 saturated heterocycles. The number of hydrogen-bond acceptors (Lipinski definition) is 1. The fraction of sp³-hybridized carbons (Fsp3) is 0.800. The van der Waals surface area contributed by atoms with Crippen molar-refractivity contribution in [3.63, 3.8) is 0 Å². The van der Waals surface area contributed by atoms with Gasteiger partial charge in [0.25, 0.3) is 0 Å². The largest absolute Gasteiger partial charge is 0.314 e. The van der Waals surface area contributed by atoms with Crippen molar-refractivity contribution in [3.8, 4) is 12.3 Å². The van der Waals surface area contributed by atoms with Crippen LogP contribution in [0, 0.1) is 18.3 Å². The molecular formula is C10H19N. The van der Waals surface area contributed by atoms with Crippen molar-refractivity contribution in [2.75, 3.05) is 6.54 Å². The molecule has 1 unspecified atom stereocenters. The van der Waals surface area contributed by atoms with Crippen molar-refractivity contribution < 1.29 is 0 Å². The minimum atomic E-state index is 0.594. The molecule has 0 amide bonds. The predicted octanol–water partition coefficient (Wildman–Crippen LogP) is 2.03. The Morgan fingerprint density at radius 3 is 2.45 bits per heavy atom. The van der Waals surface area contributed by atoms with Crippen LogP contribution in [0.5, 0.6) is 0 Å². The SMILES string of the molecule is C#CCCC(NCC)C(C)C. The quantitative estimate of drug-likeness (QED) is 0.596. The highest BCUT2D eigenvalue weighted by Crippen LogP contribution is 2.07. The molecule has 0 rings (SSSR count). The molecule has 0 aliphatic carbocycles. The third kappa shape index (κ3) is 4.86. The summed E-state index contributed by atoms with van der Waals surface area (Å²) in [6, 6.07) is 0.594. The Hall–Kier alpha value is -0.480. The third-order valence-electron chi connectivity index (χ3n) is 1.87. The summed E-state index contributed by atoms with van der Waals surface area (Å²) in [5.41, 5.74) is 0. The normalized spacial score (nSPS) is 13.0. The molecule has 0 bridgehead atoms. The second-order valence-electron chi connectivity index (χ2n) is 3.15. The minimum absolute atomic E-state index is 0.594. The highest BCUT2D eigenvalue weighted by atomic mass is 14.9. The molecule has 64 valence electrons. The van der Waals surface area contributed by atoms with E-state index in [2.05, 4.69) is 32.0 Å². The Balaban J connectivity index is 3.62. The van der Waals surface area contributed by atoms with Crippen LogP contribution in [0.1, 0.15) is 33.6 Å². The molecule has 0 aliphatic heterocycles. The van der Waals surface area contributed by atoms with Gasteiger partial charge in [0, 0.05) is 12.5 Å². The van der Waals surface area contributed by atoms with Crippen molar-refractivity contribution in [1.82, 2.24) is 5.32 Å². The smallest absolute Gasteiger partial charge is 0.0101 e. The maximum Gasteiger partial charge on any atom is 0.0101 e. The van der Waals surface area contributed by atoms with E-state index in [0.29, 0.717) is 12.0 Å². The Morgan fingerprint density at radius 1 is 1.45 bits per heavy atom. The molecule has 0 aromatic heterocycles. The lowest BCUT2D eigenvalue weighted by Crippen LogP contribution is -2.33. The van der Waals surface area contributed by atoms with Gasteiger partial charge in [-0.2, -0.15) is 0 Å². The highest BCUT2D eigenvalue weighted by molar-refractivity contribution is 4.86. The van der Waals surface area contributed by atoms with E-state index < -0.39 is 0 Å². The minimum Gasteiger partial charge on any atom is -0.314 e. The molecule has 0 heterocycles. The van der Waals surface area contributed by atoms with E-state index in [-0.39, 0.29) is 0 Å². The molecule has 1 heteroatoms. The van der Waals surface area contributed by atoms with Gasteiger partial charge in [-0.25, -0.2) is 0 Å². The van der Waals surface area contributed by atoms with E-state index in [1.54, 1.807) is 0 Å². The monoisotopic (exact) mass is 153 g/mol. The third-order valence-corrected chi connectivity index (χ3v) is 1.87. The maximum atomic E-state index is 5.20. The highest BCUT2D eigenvalue weighted by Gasteiger charge is 2.09. The average molecular weight is 153 g/mol. The molecule has 0 radical (unpaired) electrons.